The number of likely N-dealkylation sites (N-methyl/N-ethyl adjacent to an activating group) is 2. The summed E-state index contributed by atoms with van der Waals surface area (Å²) in [5.74, 6) is -3.64. The van der Waals surface area contributed by atoms with Crippen molar-refractivity contribution < 1.29 is 41.4 Å². The molecule has 4 aliphatic rings. The molecule has 0 radical (unpaired) electrons. The molecule has 6 heterocycles. The molecule has 0 saturated heterocycles. The van der Waals surface area contributed by atoms with Gasteiger partial charge in [-0.2, -0.15) is 0 Å². The summed E-state index contributed by atoms with van der Waals surface area (Å²) in [6, 6.07) is 6.58. The predicted octanol–water partition coefficient (Wildman–Crippen LogP) is 6.16. The van der Waals surface area contributed by atoms with E-state index in [1.165, 1.54) is 32.4 Å². The molecule has 4 unspecified atom stereocenters. The van der Waals surface area contributed by atoms with E-state index in [4.69, 9.17) is 15.2 Å². The lowest BCUT2D eigenvalue weighted by molar-refractivity contribution is 0.0669. The van der Waals surface area contributed by atoms with Crippen molar-refractivity contribution in [2.24, 2.45) is 5.73 Å². The second-order valence-corrected chi connectivity index (χ2v) is 16.0. The van der Waals surface area contributed by atoms with Crippen LogP contribution in [-0.2, 0) is 13.1 Å². The van der Waals surface area contributed by atoms with Gasteiger partial charge in [0.05, 0.1) is 30.8 Å². The molecule has 4 aliphatic heterocycles. The first-order valence-electron chi connectivity index (χ1n) is 19.9. The SMILES string of the molecule is CCN1CC2CC(C)c3c(Br)c(=O)c(OC)c(n32)C1=O.CCN1CC2CC(C)c3c(C(=O)NCc4ccc(F)cc4F)c(=O)c(OC)c(n32)C1=O.NCc1ccc(F)cc1F. The summed E-state index contributed by atoms with van der Waals surface area (Å²) in [5.41, 5.74) is 6.58. The summed E-state index contributed by atoms with van der Waals surface area (Å²) in [6.45, 7) is 10.1. The Bertz CT molecular complexity index is 2530. The highest BCUT2D eigenvalue weighted by atomic mass is 79.9. The zero-order chi connectivity index (χ0) is 44.6. The number of halogens is 5. The van der Waals surface area contributed by atoms with Gasteiger partial charge in [0.1, 0.15) is 28.8 Å². The molecule has 13 nitrogen and oxygen atoms in total. The van der Waals surface area contributed by atoms with Crippen molar-refractivity contribution in [3.8, 4) is 11.5 Å². The number of benzene rings is 2. The second kappa shape index (κ2) is 18.2. The highest BCUT2D eigenvalue weighted by molar-refractivity contribution is 9.10. The monoisotopic (exact) mass is 914 g/mol. The number of pyridine rings is 2. The molecule has 4 aromatic rings. The topological polar surface area (TPSA) is 158 Å². The average molecular weight is 916 g/mol. The van der Waals surface area contributed by atoms with Gasteiger partial charge in [-0.3, -0.25) is 24.0 Å². The number of aromatic nitrogens is 2. The van der Waals surface area contributed by atoms with Gasteiger partial charge in [0, 0.05) is 73.9 Å². The Kier molecular flexibility index (Phi) is 13.5. The lowest BCUT2D eigenvalue weighted by Gasteiger charge is -2.34. The van der Waals surface area contributed by atoms with Crippen LogP contribution in [-0.4, -0.2) is 77.1 Å². The number of amides is 3. The standard InChI is InChI=1S/C22H23F2N3O4.C14H17BrN2O3.C7H7F2N/c1-4-26-10-14-7-11(2)17-16(19(28)20(31-3)18(22(26)30)27(14)17)21(29)25-9-12-5-6-13(23)8-15(12)24;1-4-16-6-8-5-7(2)10-9(15)12(18)13(20-3)11(14(16)19)17(8)10;8-6-2-1-5(4-10)7(9)3-6/h5-6,8,11,14H,4,7,9-10H2,1-3H3,(H,25,29);7-8H,4-6H2,1-3H3;1-3H,4,10H2. The van der Waals surface area contributed by atoms with E-state index in [9.17, 15) is 41.5 Å². The fraction of sp³-hybridized carbons (Fsp3) is 0.419. The Balaban J connectivity index is 0.000000176. The Labute approximate surface area is 357 Å². The Hall–Kier alpha value is -5.49. The lowest BCUT2D eigenvalue weighted by atomic mass is 9.99. The molecular formula is C43H47BrF4N6O7. The molecule has 61 heavy (non-hydrogen) atoms. The van der Waals surface area contributed by atoms with E-state index in [1.807, 2.05) is 25.3 Å². The van der Waals surface area contributed by atoms with Gasteiger partial charge in [-0.1, -0.05) is 26.0 Å². The predicted molar refractivity (Wildman–Crippen MR) is 221 cm³/mol. The Morgan fingerprint density at radius 3 is 1.67 bits per heavy atom. The van der Waals surface area contributed by atoms with E-state index < -0.39 is 34.6 Å². The first-order valence-corrected chi connectivity index (χ1v) is 20.6. The summed E-state index contributed by atoms with van der Waals surface area (Å²) in [7, 11) is 2.74. The van der Waals surface area contributed by atoms with Crippen LogP contribution in [0.1, 0.15) is 118 Å². The first-order chi connectivity index (χ1) is 29.0. The van der Waals surface area contributed by atoms with Crippen LogP contribution in [0.4, 0.5) is 17.6 Å². The largest absolute Gasteiger partial charge is 0.491 e. The second-order valence-electron chi connectivity index (χ2n) is 15.2. The Morgan fingerprint density at radius 1 is 0.754 bits per heavy atom. The highest BCUT2D eigenvalue weighted by Gasteiger charge is 2.45. The number of carbonyl (C=O) groups is 3. The van der Waals surface area contributed by atoms with Crippen molar-refractivity contribution in [2.75, 3.05) is 40.4 Å². The number of nitrogens with zero attached hydrogens (tertiary/aromatic N) is 4. The van der Waals surface area contributed by atoms with Gasteiger partial charge in [-0.15, -0.1) is 0 Å². The maximum absolute atomic E-state index is 13.9. The molecule has 0 aliphatic carbocycles. The van der Waals surface area contributed by atoms with Crippen LogP contribution in [0.15, 0.2) is 50.5 Å². The molecule has 0 fully saturated rings. The van der Waals surface area contributed by atoms with E-state index in [0.29, 0.717) is 54.0 Å². The van der Waals surface area contributed by atoms with Gasteiger partial charge in [-0.05, 0) is 66.6 Å². The minimum absolute atomic E-state index is 0.0618. The third-order valence-electron chi connectivity index (χ3n) is 11.6. The van der Waals surface area contributed by atoms with E-state index in [1.54, 1.807) is 14.4 Å². The van der Waals surface area contributed by atoms with E-state index in [0.717, 1.165) is 30.3 Å². The van der Waals surface area contributed by atoms with Crippen LogP contribution in [0.2, 0.25) is 0 Å². The number of nitrogens with one attached hydrogen (secondary N) is 1. The normalized spacial score (nSPS) is 19.3. The third-order valence-corrected chi connectivity index (χ3v) is 12.4. The van der Waals surface area contributed by atoms with Crippen LogP contribution in [0.25, 0.3) is 0 Å². The van der Waals surface area contributed by atoms with Crippen molar-refractivity contribution >= 4 is 33.7 Å². The van der Waals surface area contributed by atoms with Crippen molar-refractivity contribution in [3.05, 3.63) is 124 Å². The van der Waals surface area contributed by atoms with Crippen LogP contribution in [0.3, 0.4) is 0 Å². The molecule has 3 amide bonds. The summed E-state index contributed by atoms with van der Waals surface area (Å²) in [5, 5.41) is 2.55. The average Bonchev–Trinajstić information content (AvgIpc) is 3.74. The van der Waals surface area contributed by atoms with Gasteiger partial charge in [-0.25, -0.2) is 17.6 Å². The van der Waals surface area contributed by atoms with Gasteiger partial charge in [0.2, 0.25) is 10.9 Å². The summed E-state index contributed by atoms with van der Waals surface area (Å²) in [4.78, 5) is 67.7. The summed E-state index contributed by atoms with van der Waals surface area (Å²) in [6.07, 6.45) is 1.62. The van der Waals surface area contributed by atoms with Gasteiger partial charge in [0.15, 0.2) is 22.9 Å². The fourth-order valence-corrected chi connectivity index (χ4v) is 9.50. The third kappa shape index (κ3) is 8.18. The van der Waals surface area contributed by atoms with E-state index in [-0.39, 0.29) is 82.6 Å². The maximum Gasteiger partial charge on any atom is 0.274 e. The number of hydrogen-bond donors (Lipinski definition) is 2. The molecule has 326 valence electrons. The Morgan fingerprint density at radius 2 is 1.21 bits per heavy atom. The van der Waals surface area contributed by atoms with E-state index >= 15 is 0 Å². The fourth-order valence-electron chi connectivity index (χ4n) is 8.74. The van der Waals surface area contributed by atoms with Gasteiger partial charge >= 0.3 is 0 Å². The number of nitrogens with two attached hydrogens (primary N) is 1. The zero-order valence-corrected chi connectivity index (χ0v) is 36.1. The van der Waals surface area contributed by atoms with Crippen molar-refractivity contribution in [2.45, 2.75) is 77.5 Å². The number of hydrogen-bond acceptors (Lipinski definition) is 8. The molecule has 18 heteroatoms. The number of ether oxygens (including phenoxy) is 2. The zero-order valence-electron chi connectivity index (χ0n) is 34.5. The van der Waals surface area contributed by atoms with Crippen molar-refractivity contribution in [1.29, 1.82) is 0 Å². The minimum Gasteiger partial charge on any atom is -0.491 e. The summed E-state index contributed by atoms with van der Waals surface area (Å²) >= 11 is 3.39. The highest BCUT2D eigenvalue weighted by Crippen LogP contribution is 2.45. The van der Waals surface area contributed by atoms with Crippen LogP contribution < -0.4 is 31.4 Å². The molecule has 3 N–H and O–H groups in total. The molecular weight excluding hydrogens is 868 g/mol. The van der Waals surface area contributed by atoms with Gasteiger partial charge in [0.25, 0.3) is 17.7 Å². The van der Waals surface area contributed by atoms with Crippen LogP contribution in [0, 0.1) is 23.3 Å². The first kappa shape index (κ1) is 45.0. The molecule has 0 spiro atoms. The minimum atomic E-state index is -0.789. The summed E-state index contributed by atoms with van der Waals surface area (Å²) < 4.78 is 66.7. The smallest absolute Gasteiger partial charge is 0.274 e. The number of carbonyl (C=O) groups excluding carboxylic acids is 3. The molecule has 2 aromatic carbocycles. The number of rotatable bonds is 8. The maximum atomic E-state index is 13.9. The molecule has 0 saturated carbocycles. The van der Waals surface area contributed by atoms with Crippen molar-refractivity contribution in [3.63, 3.8) is 0 Å². The molecule has 8 rings (SSSR count). The van der Waals surface area contributed by atoms with Crippen molar-refractivity contribution in [1.82, 2.24) is 24.3 Å². The number of methoxy groups -OCH3 is 2. The van der Waals surface area contributed by atoms with Crippen LogP contribution >= 0.6 is 15.9 Å². The van der Waals surface area contributed by atoms with E-state index in [2.05, 4.69) is 28.2 Å². The molecule has 0 bridgehead atoms. The van der Waals surface area contributed by atoms with Crippen LogP contribution in [0.5, 0.6) is 11.5 Å². The molecule has 4 atom stereocenters. The molecule has 2 aromatic heterocycles. The quantitative estimate of drug-likeness (QED) is 0.199. The van der Waals surface area contributed by atoms with Gasteiger partial charge < -0.3 is 39.5 Å². The lowest BCUT2D eigenvalue weighted by Crippen LogP contribution is -2.44.